The second-order valence-corrected chi connectivity index (χ2v) is 17.3. The second-order valence-electron chi connectivity index (χ2n) is 17.3. The lowest BCUT2D eigenvalue weighted by Gasteiger charge is -2.57. The molecule has 1 saturated carbocycles. The third-order valence-corrected chi connectivity index (χ3v) is 10.9. The zero-order valence-electron chi connectivity index (χ0n) is 29.9. The van der Waals surface area contributed by atoms with Gasteiger partial charge >= 0.3 is 5.97 Å². The molecular formula is C37H62N4O5. The first kappa shape index (κ1) is 36.8. The number of nitrogens with one attached hydrogen (secondary N) is 1. The number of amides is 1. The summed E-state index contributed by atoms with van der Waals surface area (Å²) in [6.45, 7) is 14.9. The summed E-state index contributed by atoms with van der Waals surface area (Å²) in [4.78, 5) is 28.4. The molecule has 5 N–H and O–H groups in total. The van der Waals surface area contributed by atoms with Gasteiger partial charge in [-0.1, -0.05) is 69.2 Å². The Morgan fingerprint density at radius 2 is 1.15 bits per heavy atom. The van der Waals surface area contributed by atoms with Gasteiger partial charge in [0, 0.05) is 35.0 Å². The minimum atomic E-state index is -1.42. The number of nitrogens with zero attached hydrogens (tertiary/aromatic N) is 2. The van der Waals surface area contributed by atoms with Crippen LogP contribution in [-0.4, -0.2) is 65.7 Å². The fourth-order valence-corrected chi connectivity index (χ4v) is 9.19. The Kier molecular flexibility index (Phi) is 10.8. The monoisotopic (exact) mass is 642 g/mol. The van der Waals surface area contributed by atoms with Crippen molar-refractivity contribution in [3.8, 4) is 0 Å². The first-order valence-electron chi connectivity index (χ1n) is 17.6. The van der Waals surface area contributed by atoms with Crippen LogP contribution in [-0.2, 0) is 20.9 Å². The molecule has 2 aliphatic heterocycles. The molecule has 1 aromatic rings. The van der Waals surface area contributed by atoms with Crippen LogP contribution < -0.4 is 11.1 Å². The van der Waals surface area contributed by atoms with Crippen molar-refractivity contribution in [3.63, 3.8) is 0 Å². The predicted octanol–water partition coefficient (Wildman–Crippen LogP) is 6.97. The number of nitrogens with two attached hydrogens (primary N) is 1. The van der Waals surface area contributed by atoms with Crippen LogP contribution in [0.25, 0.3) is 0 Å². The quantitative estimate of drug-likeness (QED) is 0.245. The van der Waals surface area contributed by atoms with Gasteiger partial charge < -0.3 is 26.2 Å². The van der Waals surface area contributed by atoms with E-state index in [0.29, 0.717) is 5.92 Å². The van der Waals surface area contributed by atoms with Crippen LogP contribution in [0.3, 0.4) is 0 Å². The van der Waals surface area contributed by atoms with E-state index < -0.39 is 45.1 Å². The maximum atomic E-state index is 14.2. The van der Waals surface area contributed by atoms with Gasteiger partial charge in [0.25, 0.3) is 0 Å². The van der Waals surface area contributed by atoms with Gasteiger partial charge in [-0.2, -0.15) is 10.1 Å². The minimum Gasteiger partial charge on any atom is -0.459 e. The minimum absolute atomic E-state index is 0.0817. The molecule has 3 fully saturated rings. The summed E-state index contributed by atoms with van der Waals surface area (Å²) in [5.41, 5.74) is 3.13. The van der Waals surface area contributed by atoms with Gasteiger partial charge in [-0.05, 0) is 98.1 Å². The number of ether oxygens (including phenoxy) is 1. The van der Waals surface area contributed by atoms with Crippen LogP contribution in [0.4, 0.5) is 0 Å². The van der Waals surface area contributed by atoms with Gasteiger partial charge in [0.05, 0.1) is 5.54 Å². The third-order valence-electron chi connectivity index (χ3n) is 10.9. The topological polar surface area (TPSA) is 128 Å². The molecule has 0 bridgehead atoms. The van der Waals surface area contributed by atoms with Crippen molar-refractivity contribution in [2.45, 2.75) is 185 Å². The summed E-state index contributed by atoms with van der Waals surface area (Å²) < 4.78 is 6.02. The largest absolute Gasteiger partial charge is 0.459 e. The van der Waals surface area contributed by atoms with Crippen LogP contribution in [0.5, 0.6) is 0 Å². The Labute approximate surface area is 277 Å². The number of rotatable bonds is 6. The van der Waals surface area contributed by atoms with Crippen LogP contribution in [0, 0.1) is 0 Å². The molecule has 1 aromatic carbocycles. The van der Waals surface area contributed by atoms with E-state index in [1.165, 1.54) is 73.5 Å². The first-order valence-corrected chi connectivity index (χ1v) is 17.6. The van der Waals surface area contributed by atoms with E-state index in [9.17, 15) is 20.0 Å². The van der Waals surface area contributed by atoms with Crippen LogP contribution in [0.1, 0.15) is 156 Å². The van der Waals surface area contributed by atoms with Crippen LogP contribution in [0.15, 0.2) is 24.3 Å². The van der Waals surface area contributed by atoms with E-state index >= 15 is 0 Å². The molecule has 260 valence electrons. The summed E-state index contributed by atoms with van der Waals surface area (Å²) in [5, 5.41) is 27.6. The fourth-order valence-electron chi connectivity index (χ4n) is 9.19. The Morgan fingerprint density at radius 1 is 0.739 bits per heavy atom. The Balaban J connectivity index is 1.54. The molecule has 9 nitrogen and oxygen atoms in total. The lowest BCUT2D eigenvalue weighted by molar-refractivity contribution is -0.259. The van der Waals surface area contributed by atoms with Crippen molar-refractivity contribution in [3.05, 3.63) is 35.4 Å². The highest BCUT2D eigenvalue weighted by Crippen LogP contribution is 2.45. The van der Waals surface area contributed by atoms with Gasteiger partial charge in [-0.25, -0.2) is 4.79 Å². The Morgan fingerprint density at radius 3 is 1.61 bits per heavy atom. The zero-order chi connectivity index (χ0) is 34.2. The number of piperidine rings is 2. The molecule has 1 amide bonds. The molecule has 0 unspecified atom stereocenters. The fraction of sp³-hybridized carbons (Fsp3) is 0.784. The maximum absolute atomic E-state index is 14.2. The number of carbonyl (C=O) groups is 2. The lowest BCUT2D eigenvalue weighted by Crippen LogP contribution is -2.76. The van der Waals surface area contributed by atoms with Crippen molar-refractivity contribution in [2.24, 2.45) is 5.73 Å². The number of hydrogen-bond acceptors (Lipinski definition) is 8. The van der Waals surface area contributed by atoms with E-state index in [2.05, 4.69) is 29.6 Å². The molecule has 2 saturated heterocycles. The van der Waals surface area contributed by atoms with E-state index in [1.54, 1.807) is 0 Å². The van der Waals surface area contributed by atoms with Gasteiger partial charge in [0.1, 0.15) is 12.1 Å². The summed E-state index contributed by atoms with van der Waals surface area (Å²) in [5.74, 6) is -0.419. The highest BCUT2D eigenvalue weighted by Gasteiger charge is 2.60. The van der Waals surface area contributed by atoms with E-state index in [4.69, 9.17) is 10.5 Å². The lowest BCUT2D eigenvalue weighted by atomic mass is 9.68. The second kappa shape index (κ2) is 13.5. The molecule has 4 rings (SSSR count). The summed E-state index contributed by atoms with van der Waals surface area (Å²) in [6.07, 6.45) is 12.3. The standard InChI is InChI=1S/C37H62N4O5/c1-32(2)23-36(38,24-33(3,4)40(32)44)30(42)39-37(25-34(5,6)41(45)35(7,8)26-37)31(43)46-22-27-18-20-29(21-19-27)28-16-14-12-10-9-11-13-15-17-28/h18-21,28,44-45H,9-17,22-26,38H2,1-8H3,(H,39,42). The zero-order valence-corrected chi connectivity index (χ0v) is 29.9. The molecule has 0 aromatic heterocycles. The molecule has 9 heteroatoms. The number of carbonyl (C=O) groups excluding carboxylic acids is 2. The first-order chi connectivity index (χ1) is 21.2. The highest BCUT2D eigenvalue weighted by molar-refractivity contribution is 5.93. The molecule has 1 aliphatic carbocycles. The van der Waals surface area contributed by atoms with Gasteiger partial charge in [-0.3, -0.25) is 4.79 Å². The average Bonchev–Trinajstić information content (AvgIpc) is 2.95. The van der Waals surface area contributed by atoms with E-state index in [-0.39, 0.29) is 32.3 Å². The molecule has 0 spiro atoms. The SMILES string of the molecule is CC1(C)CC(N)(C(=O)NC2(C(=O)OCc3ccc(C4CCCCCCCCC4)cc3)CC(C)(C)N(O)C(C)(C)C2)CC(C)(C)N1O. The summed E-state index contributed by atoms with van der Waals surface area (Å²) in [6, 6.07) is 8.48. The predicted molar refractivity (Wildman–Crippen MR) is 180 cm³/mol. The Bertz CT molecular complexity index is 1180. The van der Waals surface area contributed by atoms with Crippen LogP contribution in [0.2, 0.25) is 0 Å². The maximum Gasteiger partial charge on any atom is 0.332 e. The normalized spacial score (nSPS) is 26.5. The number of hydrogen-bond donors (Lipinski definition) is 4. The van der Waals surface area contributed by atoms with Crippen molar-refractivity contribution in [1.29, 1.82) is 0 Å². The smallest absolute Gasteiger partial charge is 0.332 e. The summed E-state index contributed by atoms with van der Waals surface area (Å²) in [7, 11) is 0. The third kappa shape index (κ3) is 7.97. The number of hydroxylamine groups is 4. The molecule has 3 aliphatic rings. The van der Waals surface area contributed by atoms with E-state index in [1.807, 2.05) is 55.4 Å². The Hall–Kier alpha value is -2.04. The molecule has 0 radical (unpaired) electrons. The van der Waals surface area contributed by atoms with Crippen molar-refractivity contribution >= 4 is 11.9 Å². The molecule has 2 heterocycles. The van der Waals surface area contributed by atoms with Gasteiger partial charge in [0.15, 0.2) is 0 Å². The number of benzene rings is 1. The van der Waals surface area contributed by atoms with E-state index in [0.717, 1.165) is 5.56 Å². The molecule has 46 heavy (non-hydrogen) atoms. The van der Waals surface area contributed by atoms with Gasteiger partial charge in [-0.15, -0.1) is 0 Å². The average molecular weight is 643 g/mol. The van der Waals surface area contributed by atoms with Crippen molar-refractivity contribution in [2.75, 3.05) is 0 Å². The number of esters is 1. The molecular weight excluding hydrogens is 580 g/mol. The van der Waals surface area contributed by atoms with Crippen molar-refractivity contribution in [1.82, 2.24) is 15.4 Å². The highest BCUT2D eigenvalue weighted by atomic mass is 16.5. The van der Waals surface area contributed by atoms with Crippen molar-refractivity contribution < 1.29 is 24.7 Å². The van der Waals surface area contributed by atoms with Crippen LogP contribution >= 0.6 is 0 Å². The summed E-state index contributed by atoms with van der Waals surface area (Å²) >= 11 is 0. The molecule has 0 atom stereocenters. The van der Waals surface area contributed by atoms with Gasteiger partial charge in [0.2, 0.25) is 5.91 Å².